The van der Waals surface area contributed by atoms with E-state index in [9.17, 15) is 13.2 Å². The number of hydrogen-bond acceptors (Lipinski definition) is 3. The molecule has 1 amide bonds. The van der Waals surface area contributed by atoms with E-state index in [0.717, 1.165) is 18.4 Å². The van der Waals surface area contributed by atoms with Gasteiger partial charge in [-0.15, -0.1) is 0 Å². The smallest absolute Gasteiger partial charge is 0.268 e. The monoisotopic (exact) mass is 395 g/mol. The topological polar surface area (TPSA) is 82.3 Å². The minimum atomic E-state index is -3.59. The summed E-state index contributed by atoms with van der Waals surface area (Å²) in [6.45, 7) is 4.67. The van der Waals surface area contributed by atoms with Crippen molar-refractivity contribution >= 4 is 27.5 Å². The number of nitrogens with zero attached hydrogens (tertiary/aromatic N) is 1. The molecule has 0 atom stereocenters. The van der Waals surface area contributed by atoms with E-state index in [1.165, 1.54) is 4.31 Å². The zero-order valence-corrected chi connectivity index (χ0v) is 16.4. The molecule has 0 radical (unpaired) electrons. The Morgan fingerprint density at radius 1 is 1.23 bits per heavy atom. The molecule has 0 aliphatic carbocycles. The summed E-state index contributed by atoms with van der Waals surface area (Å²) in [4.78, 5) is 15.7. The van der Waals surface area contributed by atoms with E-state index < -0.39 is 10.0 Å². The Morgan fingerprint density at radius 2 is 1.88 bits per heavy atom. The predicted molar refractivity (Wildman–Crippen MR) is 101 cm³/mol. The van der Waals surface area contributed by atoms with Crippen molar-refractivity contribution in [1.82, 2.24) is 14.6 Å². The van der Waals surface area contributed by atoms with Gasteiger partial charge in [0.25, 0.3) is 5.91 Å². The first-order valence-electron chi connectivity index (χ1n) is 8.53. The third kappa shape index (κ3) is 3.51. The van der Waals surface area contributed by atoms with Crippen LogP contribution in [-0.2, 0) is 16.6 Å². The number of rotatable bonds is 5. The van der Waals surface area contributed by atoms with Crippen LogP contribution in [0.1, 0.15) is 40.2 Å². The van der Waals surface area contributed by atoms with Crippen LogP contribution in [0, 0.1) is 13.8 Å². The molecule has 2 N–H and O–H groups in total. The predicted octanol–water partition coefficient (Wildman–Crippen LogP) is 3.00. The lowest BCUT2D eigenvalue weighted by atomic mass is 10.2. The van der Waals surface area contributed by atoms with E-state index in [2.05, 4.69) is 10.3 Å². The van der Waals surface area contributed by atoms with Gasteiger partial charge in [-0.1, -0.05) is 29.8 Å². The number of aromatic amines is 1. The van der Waals surface area contributed by atoms with Gasteiger partial charge < -0.3 is 10.3 Å². The lowest BCUT2D eigenvalue weighted by Crippen LogP contribution is -2.29. The molecule has 26 heavy (non-hydrogen) atoms. The molecule has 0 saturated carbocycles. The van der Waals surface area contributed by atoms with Gasteiger partial charge in [-0.3, -0.25) is 4.79 Å². The highest BCUT2D eigenvalue weighted by Crippen LogP contribution is 2.28. The van der Waals surface area contributed by atoms with Crippen molar-refractivity contribution in [1.29, 1.82) is 0 Å². The number of halogens is 1. The molecule has 3 rings (SSSR count). The van der Waals surface area contributed by atoms with E-state index in [-0.39, 0.29) is 23.0 Å². The largest absolute Gasteiger partial charge is 0.353 e. The molecule has 1 aromatic carbocycles. The van der Waals surface area contributed by atoms with Gasteiger partial charge in [0.05, 0.1) is 0 Å². The number of aryl methyl sites for hydroxylation is 1. The number of carbonyl (C=O) groups is 1. The average molecular weight is 396 g/mol. The first-order chi connectivity index (χ1) is 12.3. The maximum atomic E-state index is 12.9. The van der Waals surface area contributed by atoms with Crippen LogP contribution in [0.5, 0.6) is 0 Å². The number of aromatic nitrogens is 1. The van der Waals surface area contributed by atoms with Gasteiger partial charge in [-0.2, -0.15) is 4.31 Å². The first kappa shape index (κ1) is 18.9. The molecule has 2 heterocycles. The lowest BCUT2D eigenvalue weighted by molar-refractivity contribution is 0.0945. The van der Waals surface area contributed by atoms with Gasteiger partial charge in [0.2, 0.25) is 10.0 Å². The van der Waals surface area contributed by atoms with Crippen LogP contribution in [-0.4, -0.2) is 36.7 Å². The maximum Gasteiger partial charge on any atom is 0.268 e. The number of nitrogens with one attached hydrogen (secondary N) is 2. The average Bonchev–Trinajstić information content (AvgIpc) is 3.22. The minimum absolute atomic E-state index is 0.210. The Hall–Kier alpha value is -1.83. The van der Waals surface area contributed by atoms with E-state index in [1.54, 1.807) is 19.9 Å². The number of H-pyrrole nitrogens is 1. The molecular formula is C18H22ClN3O3S. The quantitative estimate of drug-likeness (QED) is 0.816. The Morgan fingerprint density at radius 3 is 2.54 bits per heavy atom. The Kier molecular flexibility index (Phi) is 5.41. The zero-order chi connectivity index (χ0) is 18.9. The summed E-state index contributed by atoms with van der Waals surface area (Å²) in [6, 6.07) is 7.26. The van der Waals surface area contributed by atoms with E-state index >= 15 is 0 Å². The third-order valence-electron chi connectivity index (χ3n) is 4.66. The van der Waals surface area contributed by atoms with Crippen molar-refractivity contribution in [2.45, 2.75) is 38.1 Å². The van der Waals surface area contributed by atoms with Gasteiger partial charge in [-0.25, -0.2) is 8.42 Å². The minimum Gasteiger partial charge on any atom is -0.353 e. The van der Waals surface area contributed by atoms with Crippen LogP contribution >= 0.6 is 11.6 Å². The van der Waals surface area contributed by atoms with Gasteiger partial charge >= 0.3 is 0 Å². The van der Waals surface area contributed by atoms with Crippen molar-refractivity contribution in [3.8, 4) is 0 Å². The van der Waals surface area contributed by atoms with Crippen molar-refractivity contribution in [3.05, 3.63) is 51.8 Å². The van der Waals surface area contributed by atoms with Crippen LogP contribution in [0.3, 0.4) is 0 Å². The highest BCUT2D eigenvalue weighted by Gasteiger charge is 2.33. The summed E-state index contributed by atoms with van der Waals surface area (Å²) in [5.74, 6) is -0.353. The molecule has 0 bridgehead atoms. The number of hydrogen-bond donors (Lipinski definition) is 2. The second-order valence-corrected chi connectivity index (χ2v) is 8.75. The maximum absolute atomic E-state index is 12.9. The SMILES string of the molecule is Cc1[nH]c(C(=O)NCc2ccccc2Cl)c(C)c1S(=O)(=O)N1CCCC1. The van der Waals surface area contributed by atoms with Crippen LogP contribution in [0.15, 0.2) is 29.2 Å². The fourth-order valence-electron chi connectivity index (χ4n) is 3.31. The molecule has 2 aromatic rings. The van der Waals surface area contributed by atoms with Crippen molar-refractivity contribution < 1.29 is 13.2 Å². The molecule has 6 nitrogen and oxygen atoms in total. The van der Waals surface area contributed by atoms with E-state index in [4.69, 9.17) is 11.6 Å². The molecule has 8 heteroatoms. The summed E-state index contributed by atoms with van der Waals surface area (Å²) in [5.41, 5.74) is 2.00. The molecule has 1 fully saturated rings. The summed E-state index contributed by atoms with van der Waals surface area (Å²) in [6.07, 6.45) is 1.74. The normalized spacial score (nSPS) is 15.3. The second-order valence-electron chi connectivity index (χ2n) is 6.46. The Labute approximate surface area is 158 Å². The summed E-state index contributed by atoms with van der Waals surface area (Å²) >= 11 is 6.10. The summed E-state index contributed by atoms with van der Waals surface area (Å²) in [5, 5.41) is 3.37. The Bertz CT molecular complexity index is 931. The van der Waals surface area contributed by atoms with Crippen LogP contribution in [0.2, 0.25) is 5.02 Å². The number of amides is 1. The van der Waals surface area contributed by atoms with Gasteiger partial charge in [0.15, 0.2) is 0 Å². The standard InChI is InChI=1S/C18H22ClN3O3S/c1-12-16(18(23)20-11-14-7-3-4-8-15(14)19)21-13(2)17(12)26(24,25)22-9-5-6-10-22/h3-4,7-8,21H,5-6,9-11H2,1-2H3,(H,20,23). The molecule has 1 aliphatic rings. The fraction of sp³-hybridized carbons (Fsp3) is 0.389. The highest BCUT2D eigenvalue weighted by molar-refractivity contribution is 7.89. The lowest BCUT2D eigenvalue weighted by Gasteiger charge is -2.16. The molecule has 1 aliphatic heterocycles. The van der Waals surface area contributed by atoms with Crippen LogP contribution in [0.4, 0.5) is 0 Å². The summed E-state index contributed by atoms with van der Waals surface area (Å²) in [7, 11) is -3.59. The van der Waals surface area contributed by atoms with Crippen LogP contribution in [0.25, 0.3) is 0 Å². The second kappa shape index (κ2) is 7.42. The van der Waals surface area contributed by atoms with Crippen LogP contribution < -0.4 is 5.32 Å². The van der Waals surface area contributed by atoms with Crippen molar-refractivity contribution in [2.24, 2.45) is 0 Å². The molecule has 0 spiro atoms. The molecular weight excluding hydrogens is 374 g/mol. The number of carbonyl (C=O) groups excluding carboxylic acids is 1. The summed E-state index contributed by atoms with van der Waals surface area (Å²) < 4.78 is 27.3. The van der Waals surface area contributed by atoms with Gasteiger partial charge in [-0.05, 0) is 43.9 Å². The first-order valence-corrected chi connectivity index (χ1v) is 10.3. The van der Waals surface area contributed by atoms with E-state index in [1.807, 2.05) is 18.2 Å². The number of sulfonamides is 1. The van der Waals surface area contributed by atoms with E-state index in [0.29, 0.717) is 29.4 Å². The van der Waals surface area contributed by atoms with Gasteiger partial charge in [0.1, 0.15) is 10.6 Å². The molecule has 140 valence electrons. The molecule has 0 unspecified atom stereocenters. The number of benzene rings is 1. The Balaban J connectivity index is 1.83. The third-order valence-corrected chi connectivity index (χ3v) is 7.20. The fourth-order valence-corrected chi connectivity index (χ4v) is 5.44. The van der Waals surface area contributed by atoms with Crippen molar-refractivity contribution in [2.75, 3.05) is 13.1 Å². The van der Waals surface area contributed by atoms with Crippen molar-refractivity contribution in [3.63, 3.8) is 0 Å². The van der Waals surface area contributed by atoms with Gasteiger partial charge in [0, 0.05) is 30.4 Å². The molecule has 1 saturated heterocycles. The highest BCUT2D eigenvalue weighted by atomic mass is 35.5. The molecule has 1 aromatic heterocycles. The zero-order valence-electron chi connectivity index (χ0n) is 14.8.